The fourth-order valence-corrected chi connectivity index (χ4v) is 3.62. The number of imide groups is 2. The quantitative estimate of drug-likeness (QED) is 0.291. The number of furan rings is 1. The van der Waals surface area contributed by atoms with E-state index in [9.17, 15) is 19.2 Å². The maximum Gasteiger partial charge on any atom is 0.338 e. The number of nitrogens with zero attached hydrogens (tertiary/aromatic N) is 1. The molecule has 1 aromatic heterocycles. The fraction of sp³-hybridized carbons (Fsp3) is 0.120. The first-order valence-electron chi connectivity index (χ1n) is 10.3. The summed E-state index contributed by atoms with van der Waals surface area (Å²) >= 11 is 3.38. The number of carbonyl (C=O) groups excluding carboxylic acids is 4. The van der Waals surface area contributed by atoms with E-state index in [0.29, 0.717) is 22.6 Å². The molecule has 34 heavy (non-hydrogen) atoms. The van der Waals surface area contributed by atoms with Gasteiger partial charge in [-0.25, -0.2) is 14.5 Å². The zero-order valence-electron chi connectivity index (χ0n) is 18.3. The third-order valence-corrected chi connectivity index (χ3v) is 5.99. The topological polar surface area (TPSA) is 106 Å². The van der Waals surface area contributed by atoms with Crippen molar-refractivity contribution in [3.63, 3.8) is 0 Å². The second-order valence-corrected chi connectivity index (χ2v) is 8.25. The van der Waals surface area contributed by atoms with Crippen LogP contribution in [0.3, 0.4) is 0 Å². The van der Waals surface area contributed by atoms with Gasteiger partial charge < -0.3 is 9.15 Å². The summed E-state index contributed by atoms with van der Waals surface area (Å²) in [6.07, 6.45) is 1.29. The van der Waals surface area contributed by atoms with E-state index in [1.54, 1.807) is 61.5 Å². The maximum atomic E-state index is 13.1. The molecule has 3 aromatic rings. The van der Waals surface area contributed by atoms with Crippen LogP contribution >= 0.6 is 15.9 Å². The molecule has 0 saturated carbocycles. The normalized spacial score (nSPS) is 15.0. The van der Waals surface area contributed by atoms with Crippen LogP contribution in [0.1, 0.15) is 28.6 Å². The SMILES string of the molecule is CCOC(=O)c1ccc(-c2ccc(/C=C3\C(=O)NC(=O)N(c4ccc(Br)c(C)c4)C3=O)o2)cc1. The first kappa shape index (κ1) is 23.2. The number of benzene rings is 2. The first-order chi connectivity index (χ1) is 16.3. The summed E-state index contributed by atoms with van der Waals surface area (Å²) in [6, 6.07) is 14.1. The molecule has 1 saturated heterocycles. The van der Waals surface area contributed by atoms with Crippen molar-refractivity contribution < 1.29 is 28.3 Å². The van der Waals surface area contributed by atoms with E-state index in [4.69, 9.17) is 9.15 Å². The predicted octanol–water partition coefficient (Wildman–Crippen LogP) is 4.86. The molecule has 4 rings (SSSR count). The van der Waals surface area contributed by atoms with Gasteiger partial charge in [0.25, 0.3) is 11.8 Å². The molecule has 1 aliphatic rings. The number of halogens is 1. The Morgan fingerprint density at radius 3 is 2.50 bits per heavy atom. The number of anilines is 1. The van der Waals surface area contributed by atoms with Gasteiger partial charge in [0, 0.05) is 10.0 Å². The second-order valence-electron chi connectivity index (χ2n) is 7.39. The minimum Gasteiger partial charge on any atom is -0.462 e. The predicted molar refractivity (Wildman–Crippen MR) is 128 cm³/mol. The van der Waals surface area contributed by atoms with Crippen LogP contribution in [-0.2, 0) is 14.3 Å². The number of esters is 1. The molecule has 0 atom stereocenters. The number of rotatable bonds is 5. The molecular formula is C25H19BrN2O6. The maximum absolute atomic E-state index is 13.1. The van der Waals surface area contributed by atoms with Gasteiger partial charge in [-0.3, -0.25) is 14.9 Å². The molecule has 0 radical (unpaired) electrons. The summed E-state index contributed by atoms with van der Waals surface area (Å²) in [4.78, 5) is 50.6. The Kier molecular flexibility index (Phi) is 6.47. The fourth-order valence-electron chi connectivity index (χ4n) is 3.37. The molecule has 1 fully saturated rings. The summed E-state index contributed by atoms with van der Waals surface area (Å²) in [5.41, 5.74) is 2.03. The van der Waals surface area contributed by atoms with Crippen molar-refractivity contribution in [3.05, 3.63) is 81.5 Å². The number of urea groups is 1. The van der Waals surface area contributed by atoms with Gasteiger partial charge in [-0.1, -0.05) is 28.1 Å². The first-order valence-corrected chi connectivity index (χ1v) is 11.1. The highest BCUT2D eigenvalue weighted by atomic mass is 79.9. The van der Waals surface area contributed by atoms with Crippen molar-refractivity contribution in [3.8, 4) is 11.3 Å². The molecule has 4 amide bonds. The summed E-state index contributed by atoms with van der Waals surface area (Å²) in [5, 5.41) is 2.19. The summed E-state index contributed by atoms with van der Waals surface area (Å²) in [6.45, 7) is 3.84. The molecule has 2 heterocycles. The number of ether oxygens (including phenoxy) is 1. The van der Waals surface area contributed by atoms with E-state index < -0.39 is 23.8 Å². The Balaban J connectivity index is 1.60. The Morgan fingerprint density at radius 1 is 1.09 bits per heavy atom. The van der Waals surface area contributed by atoms with Gasteiger partial charge in [-0.15, -0.1) is 0 Å². The van der Waals surface area contributed by atoms with Gasteiger partial charge in [0.05, 0.1) is 17.9 Å². The lowest BCUT2D eigenvalue weighted by atomic mass is 10.1. The lowest BCUT2D eigenvalue weighted by Gasteiger charge is -2.26. The number of amides is 4. The molecular weight excluding hydrogens is 504 g/mol. The van der Waals surface area contributed by atoms with Crippen LogP contribution < -0.4 is 10.2 Å². The van der Waals surface area contributed by atoms with Crippen molar-refractivity contribution in [2.45, 2.75) is 13.8 Å². The van der Waals surface area contributed by atoms with E-state index in [1.807, 2.05) is 6.92 Å². The van der Waals surface area contributed by atoms with Crippen LogP contribution in [0.15, 0.2) is 69.1 Å². The van der Waals surface area contributed by atoms with Crippen LogP contribution in [0.2, 0.25) is 0 Å². The summed E-state index contributed by atoms with van der Waals surface area (Å²) in [7, 11) is 0. The molecule has 0 bridgehead atoms. The molecule has 1 aliphatic heterocycles. The number of hydrogen-bond acceptors (Lipinski definition) is 6. The van der Waals surface area contributed by atoms with Gasteiger partial charge in [0.15, 0.2) is 0 Å². The van der Waals surface area contributed by atoms with Crippen molar-refractivity contribution in [2.75, 3.05) is 11.5 Å². The second kappa shape index (κ2) is 9.48. The molecule has 172 valence electrons. The average Bonchev–Trinajstić information content (AvgIpc) is 3.28. The van der Waals surface area contributed by atoms with Gasteiger partial charge >= 0.3 is 12.0 Å². The standard InChI is InChI=1S/C25H19BrN2O6/c1-3-33-24(31)16-6-4-15(5-7-16)21-11-9-18(34-21)13-19-22(29)27-25(32)28(23(19)30)17-8-10-20(26)14(2)12-17/h4-13H,3H2,1-2H3,(H,27,29,32)/b19-13+. The Bertz CT molecular complexity index is 1340. The van der Waals surface area contributed by atoms with Gasteiger partial charge in [-0.05, 0) is 68.0 Å². The third kappa shape index (κ3) is 4.55. The molecule has 0 spiro atoms. The highest BCUT2D eigenvalue weighted by Gasteiger charge is 2.37. The summed E-state index contributed by atoms with van der Waals surface area (Å²) < 4.78 is 11.6. The smallest absolute Gasteiger partial charge is 0.338 e. The van der Waals surface area contributed by atoms with Crippen molar-refractivity contribution in [2.24, 2.45) is 0 Å². The zero-order valence-corrected chi connectivity index (χ0v) is 19.8. The minimum absolute atomic E-state index is 0.237. The van der Waals surface area contributed by atoms with E-state index in [1.165, 1.54) is 6.08 Å². The molecule has 2 aromatic carbocycles. The van der Waals surface area contributed by atoms with E-state index >= 15 is 0 Å². The van der Waals surface area contributed by atoms with Crippen LogP contribution in [-0.4, -0.2) is 30.4 Å². The minimum atomic E-state index is -0.823. The molecule has 9 heteroatoms. The van der Waals surface area contributed by atoms with Crippen molar-refractivity contribution in [1.82, 2.24) is 5.32 Å². The van der Waals surface area contributed by atoms with Gasteiger partial charge in [0.2, 0.25) is 0 Å². The van der Waals surface area contributed by atoms with Gasteiger partial charge in [0.1, 0.15) is 17.1 Å². The molecule has 0 unspecified atom stereocenters. The van der Waals surface area contributed by atoms with E-state index in [-0.39, 0.29) is 17.9 Å². The molecule has 0 aliphatic carbocycles. The van der Waals surface area contributed by atoms with Crippen molar-refractivity contribution >= 4 is 51.5 Å². The number of hydrogen-bond donors (Lipinski definition) is 1. The number of nitrogens with one attached hydrogen (secondary N) is 1. The van der Waals surface area contributed by atoms with Crippen LogP contribution in [0.4, 0.5) is 10.5 Å². The van der Waals surface area contributed by atoms with Crippen molar-refractivity contribution in [1.29, 1.82) is 0 Å². The number of barbiturate groups is 1. The molecule has 8 nitrogen and oxygen atoms in total. The third-order valence-electron chi connectivity index (χ3n) is 5.10. The lowest BCUT2D eigenvalue weighted by molar-refractivity contribution is -0.122. The zero-order chi connectivity index (χ0) is 24.4. The Hall–Kier alpha value is -3.98. The number of carbonyl (C=O) groups is 4. The lowest BCUT2D eigenvalue weighted by Crippen LogP contribution is -2.54. The average molecular weight is 523 g/mol. The van der Waals surface area contributed by atoms with Crippen LogP contribution in [0.25, 0.3) is 17.4 Å². The molecule has 1 N–H and O–H groups in total. The Labute approximate surface area is 203 Å². The largest absolute Gasteiger partial charge is 0.462 e. The highest BCUT2D eigenvalue weighted by molar-refractivity contribution is 9.10. The number of aryl methyl sites for hydroxylation is 1. The van der Waals surface area contributed by atoms with Crippen LogP contribution in [0.5, 0.6) is 0 Å². The summed E-state index contributed by atoms with van der Waals surface area (Å²) in [5.74, 6) is -1.25. The van der Waals surface area contributed by atoms with E-state index in [2.05, 4.69) is 21.2 Å². The highest BCUT2D eigenvalue weighted by Crippen LogP contribution is 2.28. The monoisotopic (exact) mass is 522 g/mol. The Morgan fingerprint density at radius 2 is 1.82 bits per heavy atom. The van der Waals surface area contributed by atoms with E-state index in [0.717, 1.165) is 14.9 Å². The van der Waals surface area contributed by atoms with Crippen LogP contribution in [0, 0.1) is 6.92 Å². The van der Waals surface area contributed by atoms with Gasteiger partial charge in [-0.2, -0.15) is 0 Å².